The zero-order valence-electron chi connectivity index (χ0n) is 14.4. The highest BCUT2D eigenvalue weighted by atomic mass is 16.5. The predicted molar refractivity (Wildman–Crippen MR) is 88.3 cm³/mol. The summed E-state index contributed by atoms with van der Waals surface area (Å²) >= 11 is 0. The lowest BCUT2D eigenvalue weighted by Crippen LogP contribution is -2.39. The number of carbonyl (C=O) groups is 2. The van der Waals surface area contributed by atoms with Gasteiger partial charge in [0.2, 0.25) is 5.91 Å². The van der Waals surface area contributed by atoms with E-state index < -0.39 is 11.9 Å². The Morgan fingerprint density at radius 2 is 2.08 bits per heavy atom. The molecule has 6 nitrogen and oxygen atoms in total. The molecule has 0 bridgehead atoms. The largest absolute Gasteiger partial charge is 0.481 e. The molecule has 1 aliphatic rings. The number of ether oxygens (including phenoxy) is 1. The Bertz CT molecular complexity index is 526. The predicted octanol–water partition coefficient (Wildman–Crippen LogP) is 3.00. The molecule has 1 aromatic heterocycles. The van der Waals surface area contributed by atoms with Crippen molar-refractivity contribution in [2.75, 3.05) is 13.2 Å². The number of carbonyl (C=O) groups excluding carboxylic acids is 1. The smallest absolute Gasteiger partial charge is 0.306 e. The normalized spacial score (nSPS) is 22.3. The van der Waals surface area contributed by atoms with Crippen LogP contribution in [0.1, 0.15) is 51.3 Å². The number of carboxylic acid groups (broad SMARTS) is 1. The van der Waals surface area contributed by atoms with Crippen LogP contribution in [0.5, 0.6) is 0 Å². The van der Waals surface area contributed by atoms with Crippen molar-refractivity contribution < 1.29 is 23.8 Å². The standard InChI is InChI=1S/C18H27NO5/c1-12(2)10-23-11-15(16-7-4-8-24-16)19-17(20)13-5-3-6-14(9-13)18(21)22/h4,7-8,12-15H,3,5-6,9-11H2,1-2H3,(H,19,20)(H,21,22). The van der Waals surface area contributed by atoms with Crippen LogP contribution in [0.4, 0.5) is 0 Å². The zero-order valence-corrected chi connectivity index (χ0v) is 14.4. The monoisotopic (exact) mass is 337 g/mol. The number of hydrogen-bond acceptors (Lipinski definition) is 4. The minimum absolute atomic E-state index is 0.115. The van der Waals surface area contributed by atoms with E-state index in [-0.39, 0.29) is 17.9 Å². The first kappa shape index (κ1) is 18.5. The summed E-state index contributed by atoms with van der Waals surface area (Å²) in [6, 6.07) is 3.24. The van der Waals surface area contributed by atoms with Crippen LogP contribution in [0.15, 0.2) is 22.8 Å². The molecule has 3 unspecified atom stereocenters. The molecular weight excluding hydrogens is 310 g/mol. The summed E-state index contributed by atoms with van der Waals surface area (Å²) in [5.41, 5.74) is 0. The second-order valence-electron chi connectivity index (χ2n) is 6.91. The van der Waals surface area contributed by atoms with Gasteiger partial charge in [0.1, 0.15) is 11.8 Å². The van der Waals surface area contributed by atoms with Crippen molar-refractivity contribution in [3.05, 3.63) is 24.2 Å². The molecule has 0 spiro atoms. The number of nitrogens with one attached hydrogen (secondary N) is 1. The summed E-state index contributed by atoms with van der Waals surface area (Å²) in [7, 11) is 0. The van der Waals surface area contributed by atoms with Crippen LogP contribution in [0, 0.1) is 17.8 Å². The zero-order chi connectivity index (χ0) is 17.5. The van der Waals surface area contributed by atoms with Crippen molar-refractivity contribution in [3.63, 3.8) is 0 Å². The van der Waals surface area contributed by atoms with Crippen molar-refractivity contribution >= 4 is 11.9 Å². The van der Waals surface area contributed by atoms with Gasteiger partial charge >= 0.3 is 5.97 Å². The average molecular weight is 337 g/mol. The Labute approximate surface area is 142 Å². The van der Waals surface area contributed by atoms with Crippen LogP contribution in [0.2, 0.25) is 0 Å². The third-order valence-electron chi connectivity index (χ3n) is 4.33. The van der Waals surface area contributed by atoms with Crippen molar-refractivity contribution in [3.8, 4) is 0 Å². The maximum Gasteiger partial charge on any atom is 0.306 e. The third kappa shape index (κ3) is 5.37. The van der Waals surface area contributed by atoms with Gasteiger partial charge in [-0.15, -0.1) is 0 Å². The molecule has 0 saturated heterocycles. The molecular formula is C18H27NO5. The fraction of sp³-hybridized carbons (Fsp3) is 0.667. The molecule has 2 rings (SSSR count). The number of hydrogen-bond donors (Lipinski definition) is 2. The average Bonchev–Trinajstić information content (AvgIpc) is 3.08. The molecule has 3 atom stereocenters. The number of amides is 1. The highest BCUT2D eigenvalue weighted by molar-refractivity contribution is 5.80. The molecule has 1 saturated carbocycles. The van der Waals surface area contributed by atoms with Gasteiger partial charge in [0, 0.05) is 12.5 Å². The number of carboxylic acids is 1. The van der Waals surface area contributed by atoms with Crippen molar-refractivity contribution in [2.24, 2.45) is 17.8 Å². The van der Waals surface area contributed by atoms with Crippen LogP contribution < -0.4 is 5.32 Å². The Hall–Kier alpha value is -1.82. The van der Waals surface area contributed by atoms with Gasteiger partial charge in [-0.2, -0.15) is 0 Å². The number of aliphatic carboxylic acids is 1. The van der Waals surface area contributed by atoms with Crippen LogP contribution in [0.25, 0.3) is 0 Å². The molecule has 0 aliphatic heterocycles. The molecule has 24 heavy (non-hydrogen) atoms. The Morgan fingerprint density at radius 1 is 1.33 bits per heavy atom. The van der Waals surface area contributed by atoms with Crippen LogP contribution in [0.3, 0.4) is 0 Å². The molecule has 0 aromatic carbocycles. The van der Waals surface area contributed by atoms with Crippen molar-refractivity contribution in [1.29, 1.82) is 0 Å². The Balaban J connectivity index is 1.95. The molecule has 1 aromatic rings. The van der Waals surface area contributed by atoms with Crippen LogP contribution in [-0.2, 0) is 14.3 Å². The highest BCUT2D eigenvalue weighted by Crippen LogP contribution is 2.30. The van der Waals surface area contributed by atoms with Crippen LogP contribution >= 0.6 is 0 Å². The van der Waals surface area contributed by atoms with Gasteiger partial charge < -0.3 is 19.6 Å². The minimum atomic E-state index is -0.810. The third-order valence-corrected chi connectivity index (χ3v) is 4.33. The van der Waals surface area contributed by atoms with Crippen molar-refractivity contribution in [1.82, 2.24) is 5.32 Å². The van der Waals surface area contributed by atoms with Gasteiger partial charge in [-0.3, -0.25) is 9.59 Å². The lowest BCUT2D eigenvalue weighted by Gasteiger charge is -2.27. The summed E-state index contributed by atoms with van der Waals surface area (Å²) in [5, 5.41) is 12.1. The van der Waals surface area contributed by atoms with E-state index in [2.05, 4.69) is 19.2 Å². The first-order chi connectivity index (χ1) is 11.5. The number of furan rings is 1. The van der Waals surface area contributed by atoms with E-state index >= 15 is 0 Å². The summed E-state index contributed by atoms with van der Waals surface area (Å²) in [6.45, 7) is 5.08. The van der Waals surface area contributed by atoms with Gasteiger partial charge in [-0.05, 0) is 37.3 Å². The Kier molecular flexibility index (Phi) is 6.85. The van der Waals surface area contributed by atoms with Gasteiger partial charge in [-0.1, -0.05) is 20.3 Å². The molecule has 1 fully saturated rings. The van der Waals surface area contributed by atoms with E-state index in [1.165, 1.54) is 0 Å². The molecule has 6 heteroatoms. The van der Waals surface area contributed by atoms with Crippen molar-refractivity contribution in [2.45, 2.75) is 45.6 Å². The molecule has 1 aliphatic carbocycles. The van der Waals surface area contributed by atoms with Gasteiger partial charge in [0.25, 0.3) is 0 Å². The lowest BCUT2D eigenvalue weighted by atomic mass is 9.81. The molecule has 134 valence electrons. The summed E-state index contributed by atoms with van der Waals surface area (Å²) < 4.78 is 11.1. The molecule has 1 heterocycles. The molecule has 1 amide bonds. The van der Waals surface area contributed by atoms with E-state index in [9.17, 15) is 14.7 Å². The van der Waals surface area contributed by atoms with Crippen LogP contribution in [-0.4, -0.2) is 30.2 Å². The SMILES string of the molecule is CC(C)COCC(NC(=O)C1CCCC(C(=O)O)C1)c1ccco1. The second kappa shape index (κ2) is 8.87. The quantitative estimate of drug-likeness (QED) is 0.761. The highest BCUT2D eigenvalue weighted by Gasteiger charge is 2.32. The van der Waals surface area contributed by atoms with E-state index in [1.54, 1.807) is 12.3 Å². The number of rotatable bonds is 8. The van der Waals surface area contributed by atoms with E-state index in [1.807, 2.05) is 6.07 Å². The second-order valence-corrected chi connectivity index (χ2v) is 6.91. The fourth-order valence-electron chi connectivity index (χ4n) is 3.05. The lowest BCUT2D eigenvalue weighted by molar-refractivity contribution is -0.144. The van der Waals surface area contributed by atoms with Gasteiger partial charge in [-0.25, -0.2) is 0 Å². The van der Waals surface area contributed by atoms with E-state index in [4.69, 9.17) is 9.15 Å². The molecule has 0 radical (unpaired) electrons. The fourth-order valence-corrected chi connectivity index (χ4v) is 3.05. The first-order valence-corrected chi connectivity index (χ1v) is 8.61. The summed E-state index contributed by atoms with van der Waals surface area (Å²) in [5.74, 6) is -0.549. The topological polar surface area (TPSA) is 88.8 Å². The van der Waals surface area contributed by atoms with Gasteiger partial charge in [0.15, 0.2) is 0 Å². The first-order valence-electron chi connectivity index (χ1n) is 8.61. The molecule has 2 N–H and O–H groups in total. The van der Waals surface area contributed by atoms with E-state index in [0.717, 1.165) is 12.8 Å². The Morgan fingerprint density at radius 3 is 2.71 bits per heavy atom. The van der Waals surface area contributed by atoms with E-state index in [0.29, 0.717) is 37.7 Å². The summed E-state index contributed by atoms with van der Waals surface area (Å²) in [4.78, 5) is 23.7. The summed E-state index contributed by atoms with van der Waals surface area (Å²) in [6.07, 6.45) is 4.12. The maximum absolute atomic E-state index is 12.6. The van der Waals surface area contributed by atoms with Gasteiger partial charge in [0.05, 0.1) is 18.8 Å². The maximum atomic E-state index is 12.6. The minimum Gasteiger partial charge on any atom is -0.481 e.